The zero-order valence-corrected chi connectivity index (χ0v) is 6.27. The van der Waals surface area contributed by atoms with E-state index in [1.807, 2.05) is 18.2 Å². The second-order valence-electron chi connectivity index (χ2n) is 2.46. The predicted octanol–water partition coefficient (Wildman–Crippen LogP) is -0.576. The molecule has 0 aromatic heterocycles. The van der Waals surface area contributed by atoms with Crippen LogP contribution in [-0.4, -0.2) is 35.5 Å². The molecule has 0 bridgehead atoms. The van der Waals surface area contributed by atoms with Crippen molar-refractivity contribution in [3.8, 4) is 0 Å². The number of aliphatic hydroxyl groups is 2. The Balaban J connectivity index is 2.33. The lowest BCUT2D eigenvalue weighted by atomic mass is 10.1. The average Bonchev–Trinajstić information content (AvgIpc) is 2.03. The average molecular weight is 155 g/mol. The van der Waals surface area contributed by atoms with Crippen LogP contribution < -0.4 is 5.32 Å². The molecule has 1 aliphatic rings. The molecule has 0 aromatic rings. The largest absolute Gasteiger partial charge is 0.395 e. The van der Waals surface area contributed by atoms with E-state index in [0.29, 0.717) is 6.54 Å². The normalized spacial score (nSPS) is 29.3. The third-order valence-corrected chi connectivity index (χ3v) is 1.60. The minimum absolute atomic E-state index is 0.0489. The van der Waals surface area contributed by atoms with Crippen molar-refractivity contribution in [2.45, 2.75) is 12.1 Å². The maximum Gasteiger partial charge on any atom is 0.0912 e. The summed E-state index contributed by atoms with van der Waals surface area (Å²) in [6.07, 6.45) is 6.81. The fourth-order valence-electron chi connectivity index (χ4n) is 1.02. The number of rotatable bonds is 3. The molecule has 0 fully saturated rings. The summed E-state index contributed by atoms with van der Waals surface area (Å²) in [4.78, 5) is 0. The minimum Gasteiger partial charge on any atom is -0.395 e. The summed E-state index contributed by atoms with van der Waals surface area (Å²) in [5.41, 5.74) is 0. The van der Waals surface area contributed by atoms with Crippen LogP contribution in [0.4, 0.5) is 0 Å². The predicted molar refractivity (Wildman–Crippen MR) is 43.2 cm³/mol. The molecule has 0 radical (unpaired) electrons. The van der Waals surface area contributed by atoms with Crippen molar-refractivity contribution in [1.29, 1.82) is 0 Å². The summed E-state index contributed by atoms with van der Waals surface area (Å²) >= 11 is 0. The summed E-state index contributed by atoms with van der Waals surface area (Å²) in [5.74, 6) is 0. The van der Waals surface area contributed by atoms with E-state index in [-0.39, 0.29) is 12.6 Å². The van der Waals surface area contributed by atoms with Crippen LogP contribution in [-0.2, 0) is 0 Å². The Morgan fingerprint density at radius 2 is 2.00 bits per heavy atom. The monoisotopic (exact) mass is 155 g/mol. The zero-order valence-electron chi connectivity index (χ0n) is 6.27. The Bertz CT molecular complexity index is 165. The van der Waals surface area contributed by atoms with Crippen molar-refractivity contribution in [3.63, 3.8) is 0 Å². The summed E-state index contributed by atoms with van der Waals surface area (Å²) in [6, 6.07) is -0.0489. The van der Waals surface area contributed by atoms with Gasteiger partial charge in [0.2, 0.25) is 0 Å². The van der Waals surface area contributed by atoms with Gasteiger partial charge in [-0.05, 0) is 0 Å². The maximum absolute atomic E-state index is 9.31. The van der Waals surface area contributed by atoms with Gasteiger partial charge in [0.15, 0.2) is 0 Å². The van der Waals surface area contributed by atoms with Crippen LogP contribution in [0.3, 0.4) is 0 Å². The quantitative estimate of drug-likeness (QED) is 0.511. The molecule has 0 spiro atoms. The lowest BCUT2D eigenvalue weighted by Gasteiger charge is -2.19. The van der Waals surface area contributed by atoms with Gasteiger partial charge in [0.1, 0.15) is 0 Å². The second kappa shape index (κ2) is 4.28. The molecule has 2 unspecified atom stereocenters. The molecule has 0 saturated heterocycles. The first-order valence-electron chi connectivity index (χ1n) is 3.72. The molecule has 62 valence electrons. The van der Waals surface area contributed by atoms with Gasteiger partial charge in [0, 0.05) is 6.54 Å². The van der Waals surface area contributed by atoms with Crippen molar-refractivity contribution in [2.75, 3.05) is 13.2 Å². The minimum atomic E-state index is -0.466. The summed E-state index contributed by atoms with van der Waals surface area (Å²) in [6.45, 7) is 0.612. The van der Waals surface area contributed by atoms with Crippen molar-refractivity contribution in [2.24, 2.45) is 0 Å². The summed E-state index contributed by atoms with van der Waals surface area (Å²) in [7, 11) is 0. The Hall–Kier alpha value is -0.640. The lowest BCUT2D eigenvalue weighted by Crippen LogP contribution is -2.39. The highest BCUT2D eigenvalue weighted by Crippen LogP contribution is 2.03. The number of hydrogen-bond donors (Lipinski definition) is 3. The molecule has 1 aliphatic carbocycles. The van der Waals surface area contributed by atoms with Gasteiger partial charge in [0.05, 0.1) is 18.8 Å². The van der Waals surface area contributed by atoms with Gasteiger partial charge in [-0.25, -0.2) is 0 Å². The standard InChI is InChI=1S/C8H13NO2/c10-6-5-9-7-3-1-2-4-8(7)11/h1-4,7-11H,5-6H2. The zero-order chi connectivity index (χ0) is 8.10. The third kappa shape index (κ3) is 2.46. The second-order valence-corrected chi connectivity index (χ2v) is 2.46. The van der Waals surface area contributed by atoms with E-state index in [4.69, 9.17) is 5.11 Å². The van der Waals surface area contributed by atoms with Crippen LogP contribution in [0.25, 0.3) is 0 Å². The smallest absolute Gasteiger partial charge is 0.0912 e. The molecule has 3 nitrogen and oxygen atoms in total. The highest BCUT2D eigenvalue weighted by Gasteiger charge is 2.13. The van der Waals surface area contributed by atoms with E-state index < -0.39 is 6.10 Å². The molecule has 11 heavy (non-hydrogen) atoms. The highest BCUT2D eigenvalue weighted by molar-refractivity contribution is 5.17. The molecule has 0 aromatic carbocycles. The van der Waals surface area contributed by atoms with E-state index in [1.54, 1.807) is 6.08 Å². The molecular weight excluding hydrogens is 142 g/mol. The van der Waals surface area contributed by atoms with E-state index in [9.17, 15) is 5.11 Å². The highest BCUT2D eigenvalue weighted by atomic mass is 16.3. The van der Waals surface area contributed by atoms with Crippen molar-refractivity contribution in [3.05, 3.63) is 24.3 Å². The molecule has 3 N–H and O–H groups in total. The molecular formula is C8H13NO2. The molecule has 0 amide bonds. The third-order valence-electron chi connectivity index (χ3n) is 1.60. The van der Waals surface area contributed by atoms with Gasteiger partial charge < -0.3 is 15.5 Å². The molecule has 2 atom stereocenters. The van der Waals surface area contributed by atoms with Crippen molar-refractivity contribution < 1.29 is 10.2 Å². The SMILES string of the molecule is OCCNC1C=CC=CC1O. The molecule has 0 saturated carbocycles. The Kier molecular flexibility index (Phi) is 3.29. The molecule has 1 rings (SSSR count). The van der Waals surface area contributed by atoms with Crippen LogP contribution in [0.1, 0.15) is 0 Å². The summed E-state index contributed by atoms with van der Waals surface area (Å²) in [5, 5.41) is 20.8. The molecule has 3 heteroatoms. The van der Waals surface area contributed by atoms with Crippen LogP contribution in [0.15, 0.2) is 24.3 Å². The van der Waals surface area contributed by atoms with Crippen molar-refractivity contribution >= 4 is 0 Å². The van der Waals surface area contributed by atoms with E-state index >= 15 is 0 Å². The first-order chi connectivity index (χ1) is 5.34. The van der Waals surface area contributed by atoms with Gasteiger partial charge in [-0.3, -0.25) is 0 Å². The fraction of sp³-hybridized carbons (Fsp3) is 0.500. The summed E-state index contributed by atoms with van der Waals surface area (Å²) < 4.78 is 0. The maximum atomic E-state index is 9.31. The number of hydrogen-bond acceptors (Lipinski definition) is 3. The lowest BCUT2D eigenvalue weighted by molar-refractivity contribution is 0.183. The first kappa shape index (κ1) is 8.46. The molecule has 0 heterocycles. The van der Waals surface area contributed by atoms with Gasteiger partial charge in [-0.15, -0.1) is 0 Å². The topological polar surface area (TPSA) is 52.5 Å². The van der Waals surface area contributed by atoms with Gasteiger partial charge in [0.25, 0.3) is 0 Å². The Labute approximate surface area is 66.0 Å². The Morgan fingerprint density at radius 3 is 2.64 bits per heavy atom. The number of nitrogens with one attached hydrogen (secondary N) is 1. The van der Waals surface area contributed by atoms with Gasteiger partial charge in [-0.2, -0.15) is 0 Å². The fourth-order valence-corrected chi connectivity index (χ4v) is 1.02. The van der Waals surface area contributed by atoms with E-state index in [0.717, 1.165) is 0 Å². The van der Waals surface area contributed by atoms with E-state index in [2.05, 4.69) is 5.32 Å². The van der Waals surface area contributed by atoms with Gasteiger partial charge >= 0.3 is 0 Å². The van der Waals surface area contributed by atoms with Crippen LogP contribution >= 0.6 is 0 Å². The first-order valence-corrected chi connectivity index (χ1v) is 3.72. The number of allylic oxidation sites excluding steroid dienone is 2. The van der Waals surface area contributed by atoms with Crippen LogP contribution in [0.2, 0.25) is 0 Å². The van der Waals surface area contributed by atoms with Crippen molar-refractivity contribution in [1.82, 2.24) is 5.32 Å². The van der Waals surface area contributed by atoms with Gasteiger partial charge in [-0.1, -0.05) is 24.3 Å². The van der Waals surface area contributed by atoms with E-state index in [1.165, 1.54) is 0 Å². The Morgan fingerprint density at radius 1 is 1.27 bits per heavy atom. The van der Waals surface area contributed by atoms with Crippen LogP contribution in [0.5, 0.6) is 0 Å². The number of aliphatic hydroxyl groups excluding tert-OH is 2. The molecule has 0 aliphatic heterocycles. The van der Waals surface area contributed by atoms with Crippen LogP contribution in [0, 0.1) is 0 Å².